The van der Waals surface area contributed by atoms with Crippen molar-refractivity contribution < 1.29 is 23.5 Å². The molecular formula is C20H27N3O5. The molecule has 0 bridgehead atoms. The van der Waals surface area contributed by atoms with Gasteiger partial charge in [-0.05, 0) is 18.4 Å². The van der Waals surface area contributed by atoms with Gasteiger partial charge >= 0.3 is 0 Å². The van der Waals surface area contributed by atoms with E-state index in [9.17, 15) is 4.79 Å². The van der Waals surface area contributed by atoms with Crippen molar-refractivity contribution in [1.29, 1.82) is 0 Å². The Kier molecular flexibility index (Phi) is 7.95. The van der Waals surface area contributed by atoms with Gasteiger partial charge in [0.15, 0.2) is 5.82 Å². The van der Waals surface area contributed by atoms with Gasteiger partial charge in [0, 0.05) is 26.6 Å². The van der Waals surface area contributed by atoms with Crippen molar-refractivity contribution in [3.63, 3.8) is 0 Å². The molecule has 152 valence electrons. The molecule has 1 unspecified atom stereocenters. The minimum absolute atomic E-state index is 0.00612. The van der Waals surface area contributed by atoms with Crippen molar-refractivity contribution in [2.75, 3.05) is 33.4 Å². The zero-order valence-electron chi connectivity index (χ0n) is 16.2. The van der Waals surface area contributed by atoms with Gasteiger partial charge < -0.3 is 23.6 Å². The Morgan fingerprint density at radius 2 is 2.14 bits per heavy atom. The van der Waals surface area contributed by atoms with Gasteiger partial charge in [0.1, 0.15) is 13.2 Å². The van der Waals surface area contributed by atoms with Crippen LogP contribution in [0.4, 0.5) is 0 Å². The van der Waals surface area contributed by atoms with Crippen LogP contribution in [-0.4, -0.2) is 60.5 Å². The highest BCUT2D eigenvalue weighted by molar-refractivity contribution is 5.77. The molecule has 2 aromatic rings. The zero-order valence-corrected chi connectivity index (χ0v) is 16.2. The number of hydrogen-bond acceptors (Lipinski definition) is 7. The first-order chi connectivity index (χ1) is 13.7. The predicted octanol–water partition coefficient (Wildman–Crippen LogP) is 1.98. The molecule has 0 N–H and O–H groups in total. The van der Waals surface area contributed by atoms with Gasteiger partial charge in [-0.2, -0.15) is 4.98 Å². The van der Waals surface area contributed by atoms with E-state index in [-0.39, 0.29) is 18.6 Å². The number of amides is 1. The lowest BCUT2D eigenvalue weighted by atomic mass is 10.1. The van der Waals surface area contributed by atoms with E-state index in [1.165, 1.54) is 0 Å². The summed E-state index contributed by atoms with van der Waals surface area (Å²) in [5, 5.41) is 3.89. The maximum atomic E-state index is 12.4. The Labute approximate surface area is 164 Å². The molecule has 1 amide bonds. The average Bonchev–Trinajstić information content (AvgIpc) is 3.17. The number of ether oxygens (including phenoxy) is 3. The van der Waals surface area contributed by atoms with Crippen molar-refractivity contribution in [3.05, 3.63) is 47.6 Å². The molecule has 1 aromatic heterocycles. The number of aromatic nitrogens is 2. The fourth-order valence-corrected chi connectivity index (χ4v) is 3.11. The molecule has 1 aliphatic rings. The molecule has 0 spiro atoms. The van der Waals surface area contributed by atoms with Crippen molar-refractivity contribution in [2.24, 2.45) is 0 Å². The number of rotatable bonds is 10. The largest absolute Gasteiger partial charge is 0.376 e. The summed E-state index contributed by atoms with van der Waals surface area (Å²) >= 11 is 0. The zero-order chi connectivity index (χ0) is 19.6. The Bertz CT molecular complexity index is 722. The number of nitrogens with zero attached hydrogens (tertiary/aromatic N) is 3. The van der Waals surface area contributed by atoms with Gasteiger partial charge in [-0.1, -0.05) is 35.5 Å². The minimum atomic E-state index is 0.00612. The molecular weight excluding hydrogens is 362 g/mol. The molecule has 0 saturated carbocycles. The maximum absolute atomic E-state index is 12.4. The monoisotopic (exact) mass is 389 g/mol. The van der Waals surface area contributed by atoms with E-state index in [1.807, 2.05) is 35.2 Å². The number of likely N-dealkylation sites (tertiary alicyclic amines) is 1. The smallest absolute Gasteiger partial charge is 0.252 e. The summed E-state index contributed by atoms with van der Waals surface area (Å²) in [6.07, 6.45) is 2.46. The van der Waals surface area contributed by atoms with Crippen LogP contribution in [-0.2, 0) is 38.6 Å². The summed E-state index contributed by atoms with van der Waals surface area (Å²) in [5.74, 6) is 1.07. The van der Waals surface area contributed by atoms with Gasteiger partial charge in [0.05, 0.1) is 19.3 Å². The van der Waals surface area contributed by atoms with Crippen molar-refractivity contribution in [3.8, 4) is 0 Å². The number of methoxy groups -OCH3 is 1. The van der Waals surface area contributed by atoms with Crippen LogP contribution in [0.15, 0.2) is 34.9 Å². The SMILES string of the molecule is COCc1nc(CCOC2CCCN(C(=O)COCc3ccccc3)C2)no1. The van der Waals surface area contributed by atoms with E-state index in [2.05, 4.69) is 10.1 Å². The van der Waals surface area contributed by atoms with Gasteiger partial charge in [-0.15, -0.1) is 0 Å². The van der Waals surface area contributed by atoms with E-state index in [0.717, 1.165) is 24.9 Å². The Morgan fingerprint density at radius 1 is 1.29 bits per heavy atom. The van der Waals surface area contributed by atoms with Crippen LogP contribution < -0.4 is 0 Å². The van der Waals surface area contributed by atoms with Crippen LogP contribution in [0.1, 0.15) is 30.1 Å². The predicted molar refractivity (Wildman–Crippen MR) is 100 cm³/mol. The molecule has 3 rings (SSSR count). The van der Waals surface area contributed by atoms with Gasteiger partial charge in [-0.3, -0.25) is 4.79 Å². The Morgan fingerprint density at radius 3 is 2.96 bits per heavy atom. The highest BCUT2D eigenvalue weighted by atomic mass is 16.5. The molecule has 28 heavy (non-hydrogen) atoms. The fourth-order valence-electron chi connectivity index (χ4n) is 3.11. The lowest BCUT2D eigenvalue weighted by molar-refractivity contribution is -0.140. The van der Waals surface area contributed by atoms with Gasteiger partial charge in [-0.25, -0.2) is 0 Å². The number of hydrogen-bond donors (Lipinski definition) is 0. The fraction of sp³-hybridized carbons (Fsp3) is 0.550. The number of benzene rings is 1. The molecule has 0 radical (unpaired) electrons. The second-order valence-corrected chi connectivity index (χ2v) is 6.74. The molecule has 1 fully saturated rings. The number of piperidine rings is 1. The second-order valence-electron chi connectivity index (χ2n) is 6.74. The molecule has 1 aromatic carbocycles. The minimum Gasteiger partial charge on any atom is -0.376 e. The van der Waals surface area contributed by atoms with E-state index in [1.54, 1.807) is 7.11 Å². The highest BCUT2D eigenvalue weighted by Gasteiger charge is 2.24. The lowest BCUT2D eigenvalue weighted by Crippen LogP contribution is -2.44. The lowest BCUT2D eigenvalue weighted by Gasteiger charge is -2.32. The average molecular weight is 389 g/mol. The van der Waals surface area contributed by atoms with E-state index in [4.69, 9.17) is 18.7 Å². The van der Waals surface area contributed by atoms with Crippen LogP contribution in [0.3, 0.4) is 0 Å². The molecule has 0 aliphatic carbocycles. The molecule has 8 nitrogen and oxygen atoms in total. The molecule has 1 saturated heterocycles. The first-order valence-corrected chi connectivity index (χ1v) is 9.56. The van der Waals surface area contributed by atoms with E-state index in [0.29, 0.717) is 44.5 Å². The van der Waals surface area contributed by atoms with Gasteiger partial charge in [0.2, 0.25) is 5.91 Å². The van der Waals surface area contributed by atoms with E-state index >= 15 is 0 Å². The third kappa shape index (κ3) is 6.40. The molecule has 1 aliphatic heterocycles. The summed E-state index contributed by atoms with van der Waals surface area (Å²) in [4.78, 5) is 18.4. The normalized spacial score (nSPS) is 17.0. The van der Waals surface area contributed by atoms with Crippen LogP contribution in [0.5, 0.6) is 0 Å². The number of carbonyl (C=O) groups is 1. The third-order valence-electron chi connectivity index (χ3n) is 4.53. The van der Waals surface area contributed by atoms with Crippen LogP contribution >= 0.6 is 0 Å². The second kappa shape index (κ2) is 10.9. The summed E-state index contributed by atoms with van der Waals surface area (Å²) in [7, 11) is 1.58. The highest BCUT2D eigenvalue weighted by Crippen LogP contribution is 2.14. The van der Waals surface area contributed by atoms with Crippen LogP contribution in [0, 0.1) is 0 Å². The first kappa shape index (κ1) is 20.4. The Balaban J connectivity index is 1.35. The summed E-state index contributed by atoms with van der Waals surface area (Å²) in [6, 6.07) is 9.84. The molecule has 8 heteroatoms. The van der Waals surface area contributed by atoms with Crippen LogP contribution in [0.25, 0.3) is 0 Å². The van der Waals surface area contributed by atoms with Crippen molar-refractivity contribution >= 4 is 5.91 Å². The number of carbonyl (C=O) groups excluding carboxylic acids is 1. The standard InChI is InChI=1S/C20H27N3O5/c1-25-14-19-21-18(22-28-19)9-11-27-17-8-5-10-23(12-17)20(24)15-26-13-16-6-3-2-4-7-16/h2-4,6-7,17H,5,8-15H2,1H3. The quantitative estimate of drug-likeness (QED) is 0.614. The first-order valence-electron chi connectivity index (χ1n) is 9.56. The third-order valence-corrected chi connectivity index (χ3v) is 4.53. The topological polar surface area (TPSA) is 86.9 Å². The maximum Gasteiger partial charge on any atom is 0.252 e. The molecule has 1 atom stereocenters. The summed E-state index contributed by atoms with van der Waals surface area (Å²) < 4.78 is 21.5. The van der Waals surface area contributed by atoms with Gasteiger partial charge in [0.25, 0.3) is 5.89 Å². The van der Waals surface area contributed by atoms with Crippen molar-refractivity contribution in [1.82, 2.24) is 15.0 Å². The molecule has 2 heterocycles. The van der Waals surface area contributed by atoms with Crippen molar-refractivity contribution in [2.45, 2.75) is 38.6 Å². The summed E-state index contributed by atoms with van der Waals surface area (Å²) in [6.45, 7) is 2.67. The van der Waals surface area contributed by atoms with Crippen LogP contribution in [0.2, 0.25) is 0 Å². The Hall–Kier alpha value is -2.29. The van der Waals surface area contributed by atoms with E-state index < -0.39 is 0 Å². The summed E-state index contributed by atoms with van der Waals surface area (Å²) in [5.41, 5.74) is 1.06.